The third kappa shape index (κ3) is 5.22. The lowest BCUT2D eigenvalue weighted by molar-refractivity contribution is 0.0221. The predicted octanol–water partition coefficient (Wildman–Crippen LogP) is 1.78. The molecule has 174 valence electrons. The summed E-state index contributed by atoms with van der Waals surface area (Å²) in [6.45, 7) is 5.45. The van der Waals surface area contributed by atoms with E-state index in [-0.39, 0.29) is 18.1 Å². The van der Waals surface area contributed by atoms with E-state index in [1.165, 1.54) is 0 Å². The van der Waals surface area contributed by atoms with Crippen LogP contribution in [0.3, 0.4) is 0 Å². The minimum absolute atomic E-state index is 0.0653. The van der Waals surface area contributed by atoms with Crippen LogP contribution in [0.5, 0.6) is 0 Å². The van der Waals surface area contributed by atoms with Crippen LogP contribution in [0.2, 0.25) is 0 Å². The molecule has 4 N–H and O–H groups in total. The molecular weight excluding hydrogens is 420 g/mol. The third-order valence-electron chi connectivity index (χ3n) is 6.14. The van der Waals surface area contributed by atoms with Gasteiger partial charge in [-0.05, 0) is 25.0 Å². The number of carbonyl (C=O) groups excluding carboxylic acids is 1. The molecule has 2 aromatic heterocycles. The number of rotatable bonds is 7. The van der Waals surface area contributed by atoms with Crippen molar-refractivity contribution in [2.75, 3.05) is 45.9 Å². The maximum absolute atomic E-state index is 12.6. The van der Waals surface area contributed by atoms with Crippen LogP contribution in [0.4, 0.5) is 0 Å². The number of benzene rings is 1. The van der Waals surface area contributed by atoms with Crippen molar-refractivity contribution in [2.45, 2.75) is 25.0 Å². The minimum Gasteiger partial charge on any atom is -0.376 e. The summed E-state index contributed by atoms with van der Waals surface area (Å²) in [6.07, 6.45) is 7.56. The molecule has 9 nitrogen and oxygen atoms in total. The molecule has 0 saturated carbocycles. The number of nitrogens with zero attached hydrogens (tertiary/aromatic N) is 2. The molecule has 2 unspecified atom stereocenters. The Morgan fingerprint density at radius 3 is 2.67 bits per heavy atom. The SMILES string of the molecule is O=C(NCCCC1CNCCO1)c1ccc2c(-c3cnc(C4CNCCO4)nc3)c[nH]c2c1. The minimum atomic E-state index is -0.108. The van der Waals surface area contributed by atoms with Gasteiger partial charge in [-0.15, -0.1) is 0 Å². The monoisotopic (exact) mass is 450 g/mol. The molecule has 0 spiro atoms. The fourth-order valence-electron chi connectivity index (χ4n) is 4.32. The number of amides is 1. The number of hydrogen-bond acceptors (Lipinski definition) is 7. The summed E-state index contributed by atoms with van der Waals surface area (Å²) in [5, 5.41) is 10.7. The van der Waals surface area contributed by atoms with E-state index in [0.717, 1.165) is 67.7 Å². The van der Waals surface area contributed by atoms with E-state index in [1.807, 2.05) is 36.8 Å². The third-order valence-corrected chi connectivity index (χ3v) is 6.14. The van der Waals surface area contributed by atoms with Crippen molar-refractivity contribution >= 4 is 16.8 Å². The van der Waals surface area contributed by atoms with E-state index in [0.29, 0.717) is 24.5 Å². The van der Waals surface area contributed by atoms with Crippen LogP contribution in [-0.2, 0) is 9.47 Å². The Balaban J connectivity index is 1.20. The molecule has 1 amide bonds. The van der Waals surface area contributed by atoms with Gasteiger partial charge in [0.2, 0.25) is 0 Å². The fourth-order valence-corrected chi connectivity index (χ4v) is 4.32. The molecular formula is C24H30N6O3. The van der Waals surface area contributed by atoms with Gasteiger partial charge >= 0.3 is 0 Å². The zero-order valence-corrected chi connectivity index (χ0v) is 18.6. The lowest BCUT2D eigenvalue weighted by atomic mass is 10.1. The first-order chi connectivity index (χ1) is 16.3. The van der Waals surface area contributed by atoms with Gasteiger partial charge in [-0.1, -0.05) is 6.07 Å². The Morgan fingerprint density at radius 2 is 1.91 bits per heavy atom. The van der Waals surface area contributed by atoms with Gasteiger partial charge in [0.05, 0.1) is 19.3 Å². The summed E-state index contributed by atoms with van der Waals surface area (Å²) in [6, 6.07) is 5.72. The highest BCUT2D eigenvalue weighted by Gasteiger charge is 2.19. The summed E-state index contributed by atoms with van der Waals surface area (Å²) in [5.74, 6) is 0.626. The fraction of sp³-hybridized carbons (Fsp3) is 0.458. The average molecular weight is 451 g/mol. The van der Waals surface area contributed by atoms with E-state index in [1.54, 1.807) is 0 Å². The summed E-state index contributed by atoms with van der Waals surface area (Å²) >= 11 is 0. The average Bonchev–Trinajstić information content (AvgIpc) is 3.31. The number of ether oxygens (including phenoxy) is 2. The molecule has 0 aliphatic carbocycles. The first-order valence-corrected chi connectivity index (χ1v) is 11.6. The summed E-state index contributed by atoms with van der Waals surface area (Å²) in [5.41, 5.74) is 3.47. The highest BCUT2D eigenvalue weighted by Crippen LogP contribution is 2.29. The number of fused-ring (bicyclic) bond motifs is 1. The van der Waals surface area contributed by atoms with Crippen LogP contribution in [0.1, 0.15) is 35.1 Å². The van der Waals surface area contributed by atoms with Crippen LogP contribution in [0.15, 0.2) is 36.8 Å². The van der Waals surface area contributed by atoms with Gasteiger partial charge in [0.25, 0.3) is 5.91 Å². The van der Waals surface area contributed by atoms with E-state index in [4.69, 9.17) is 9.47 Å². The molecule has 1 aromatic carbocycles. The number of carbonyl (C=O) groups is 1. The van der Waals surface area contributed by atoms with Crippen molar-refractivity contribution in [1.29, 1.82) is 0 Å². The van der Waals surface area contributed by atoms with Gasteiger partial charge in [0.1, 0.15) is 6.10 Å². The Bertz CT molecular complexity index is 1070. The molecule has 2 saturated heterocycles. The molecule has 2 aliphatic rings. The van der Waals surface area contributed by atoms with Crippen LogP contribution in [0.25, 0.3) is 22.0 Å². The summed E-state index contributed by atoms with van der Waals surface area (Å²) in [7, 11) is 0. The van der Waals surface area contributed by atoms with Gasteiger partial charge in [0.15, 0.2) is 5.82 Å². The van der Waals surface area contributed by atoms with Crippen LogP contribution in [0, 0.1) is 0 Å². The van der Waals surface area contributed by atoms with E-state index >= 15 is 0 Å². The molecule has 0 radical (unpaired) electrons. The van der Waals surface area contributed by atoms with Crippen molar-refractivity contribution in [3.8, 4) is 11.1 Å². The van der Waals surface area contributed by atoms with E-state index in [9.17, 15) is 4.79 Å². The van der Waals surface area contributed by atoms with Gasteiger partial charge in [-0.2, -0.15) is 0 Å². The highest BCUT2D eigenvalue weighted by molar-refractivity contribution is 6.01. The number of hydrogen-bond donors (Lipinski definition) is 4. The largest absolute Gasteiger partial charge is 0.376 e. The number of morpholine rings is 2. The molecule has 2 atom stereocenters. The Labute approximate surface area is 192 Å². The van der Waals surface area contributed by atoms with Gasteiger partial charge < -0.3 is 30.4 Å². The molecule has 4 heterocycles. The Hall–Kier alpha value is -2.85. The van der Waals surface area contributed by atoms with Crippen molar-refractivity contribution in [3.63, 3.8) is 0 Å². The van der Waals surface area contributed by atoms with Crippen LogP contribution >= 0.6 is 0 Å². The molecule has 2 fully saturated rings. The summed E-state index contributed by atoms with van der Waals surface area (Å²) in [4.78, 5) is 24.9. The molecule has 2 aliphatic heterocycles. The Kier molecular flexibility index (Phi) is 6.92. The molecule has 0 bridgehead atoms. The second-order valence-corrected chi connectivity index (χ2v) is 8.45. The molecule has 3 aromatic rings. The predicted molar refractivity (Wildman–Crippen MR) is 125 cm³/mol. The maximum Gasteiger partial charge on any atom is 0.251 e. The topological polar surface area (TPSA) is 113 Å². The van der Waals surface area contributed by atoms with Crippen molar-refractivity contribution in [2.24, 2.45) is 0 Å². The van der Waals surface area contributed by atoms with Gasteiger partial charge in [-0.25, -0.2) is 9.97 Å². The maximum atomic E-state index is 12.6. The van der Waals surface area contributed by atoms with Crippen molar-refractivity contribution in [3.05, 3.63) is 48.2 Å². The van der Waals surface area contributed by atoms with Gasteiger partial charge in [0, 0.05) is 78.9 Å². The quantitative estimate of drug-likeness (QED) is 0.406. The van der Waals surface area contributed by atoms with Crippen LogP contribution in [-0.4, -0.2) is 72.9 Å². The van der Waals surface area contributed by atoms with E-state index in [2.05, 4.69) is 30.9 Å². The zero-order chi connectivity index (χ0) is 22.5. The van der Waals surface area contributed by atoms with Crippen molar-refractivity contribution < 1.29 is 14.3 Å². The first kappa shape index (κ1) is 22.0. The lowest BCUT2D eigenvalue weighted by Gasteiger charge is -2.23. The molecule has 5 rings (SSSR count). The normalized spacial score (nSPS) is 21.2. The first-order valence-electron chi connectivity index (χ1n) is 11.6. The molecule has 33 heavy (non-hydrogen) atoms. The number of nitrogens with one attached hydrogen (secondary N) is 4. The second-order valence-electron chi connectivity index (χ2n) is 8.45. The van der Waals surface area contributed by atoms with E-state index < -0.39 is 0 Å². The zero-order valence-electron chi connectivity index (χ0n) is 18.6. The second kappa shape index (κ2) is 10.4. The molecule has 9 heteroatoms. The smallest absolute Gasteiger partial charge is 0.251 e. The lowest BCUT2D eigenvalue weighted by Crippen LogP contribution is -2.38. The number of aromatic nitrogens is 3. The Morgan fingerprint density at radius 1 is 1.09 bits per heavy atom. The number of H-pyrrole nitrogens is 1. The summed E-state index contributed by atoms with van der Waals surface area (Å²) < 4.78 is 11.4. The standard InChI is InChI=1S/C24H30N6O3/c31-24(27-5-1-2-18-13-25-6-8-32-18)16-3-4-19-20(14-28-21(19)10-16)17-11-29-23(30-12-17)22-15-26-7-9-33-22/h3-4,10-12,14,18,22,25-26,28H,1-2,5-9,13,15H2,(H,27,31). The van der Waals surface area contributed by atoms with Crippen LogP contribution < -0.4 is 16.0 Å². The highest BCUT2D eigenvalue weighted by atomic mass is 16.5. The van der Waals surface area contributed by atoms with Crippen molar-refractivity contribution in [1.82, 2.24) is 30.9 Å². The van der Waals surface area contributed by atoms with Gasteiger partial charge in [-0.3, -0.25) is 4.79 Å². The number of aromatic amines is 1.